The van der Waals surface area contributed by atoms with E-state index in [1.165, 1.54) is 12.5 Å². The van der Waals surface area contributed by atoms with Gasteiger partial charge in [0, 0.05) is 32.2 Å². The number of ether oxygens (including phenoxy) is 1. The van der Waals surface area contributed by atoms with E-state index in [9.17, 15) is 18.0 Å². The van der Waals surface area contributed by atoms with E-state index in [2.05, 4.69) is 10.3 Å². The number of rotatable bonds is 1. The van der Waals surface area contributed by atoms with Gasteiger partial charge in [0.2, 0.25) is 0 Å². The highest BCUT2D eigenvalue weighted by Gasteiger charge is 2.33. The summed E-state index contributed by atoms with van der Waals surface area (Å²) in [7, 11) is 0. The SMILES string of the molecule is O=C(NC1CCCCC1)N1CCN(C2=Nc3cc(C(F)(F)F)ccc3Oc3ccccc32)CC1. The van der Waals surface area contributed by atoms with Crippen molar-refractivity contribution in [2.75, 3.05) is 26.2 Å². The maximum Gasteiger partial charge on any atom is 0.416 e. The molecule has 2 fully saturated rings. The first-order valence-corrected chi connectivity index (χ1v) is 11.8. The maximum atomic E-state index is 13.3. The predicted molar refractivity (Wildman–Crippen MR) is 123 cm³/mol. The Hall–Kier alpha value is -3.23. The second-order valence-corrected chi connectivity index (χ2v) is 8.97. The highest BCUT2D eigenvalue weighted by molar-refractivity contribution is 6.03. The number of amidine groups is 1. The van der Waals surface area contributed by atoms with Crippen LogP contribution in [0.15, 0.2) is 47.5 Å². The van der Waals surface area contributed by atoms with Gasteiger partial charge in [0.1, 0.15) is 17.3 Å². The van der Waals surface area contributed by atoms with E-state index in [1.807, 2.05) is 23.1 Å². The Morgan fingerprint density at radius 2 is 1.71 bits per heavy atom. The molecule has 1 saturated carbocycles. The molecule has 2 aromatic carbocycles. The Morgan fingerprint density at radius 3 is 2.44 bits per heavy atom. The molecule has 0 atom stereocenters. The first-order chi connectivity index (χ1) is 16.4. The van der Waals surface area contributed by atoms with E-state index in [0.29, 0.717) is 43.3 Å². The third kappa shape index (κ3) is 4.69. The number of nitrogens with one attached hydrogen (secondary N) is 1. The zero-order chi connectivity index (χ0) is 23.7. The fraction of sp³-hybridized carbons (Fsp3) is 0.440. The fourth-order valence-electron chi connectivity index (χ4n) is 4.78. The second kappa shape index (κ2) is 9.19. The minimum absolute atomic E-state index is 0.0433. The monoisotopic (exact) mass is 472 g/mol. The van der Waals surface area contributed by atoms with Crippen LogP contribution in [0.2, 0.25) is 0 Å². The summed E-state index contributed by atoms with van der Waals surface area (Å²) in [5, 5.41) is 3.15. The smallest absolute Gasteiger partial charge is 0.416 e. The summed E-state index contributed by atoms with van der Waals surface area (Å²) >= 11 is 0. The van der Waals surface area contributed by atoms with Crippen molar-refractivity contribution < 1.29 is 22.7 Å². The third-order valence-corrected chi connectivity index (χ3v) is 6.66. The molecular weight excluding hydrogens is 445 g/mol. The van der Waals surface area contributed by atoms with E-state index < -0.39 is 11.7 Å². The third-order valence-electron chi connectivity index (χ3n) is 6.66. The van der Waals surface area contributed by atoms with E-state index in [1.54, 1.807) is 11.0 Å². The zero-order valence-electron chi connectivity index (χ0n) is 18.8. The molecule has 9 heteroatoms. The van der Waals surface area contributed by atoms with Gasteiger partial charge < -0.3 is 19.9 Å². The average Bonchev–Trinajstić information content (AvgIpc) is 3.00. The van der Waals surface area contributed by atoms with Crippen molar-refractivity contribution in [2.45, 2.75) is 44.3 Å². The van der Waals surface area contributed by atoms with Crippen LogP contribution in [0.1, 0.15) is 43.2 Å². The van der Waals surface area contributed by atoms with Gasteiger partial charge >= 0.3 is 12.2 Å². The standard InChI is InChI=1S/C25H27F3N4O2/c26-25(27,28)17-10-11-22-20(16-17)30-23(19-8-4-5-9-21(19)34-22)31-12-14-32(15-13-31)24(33)29-18-6-2-1-3-7-18/h4-5,8-11,16,18H,1-3,6-7,12-15H2,(H,29,33). The van der Waals surface area contributed by atoms with Crippen molar-refractivity contribution in [2.24, 2.45) is 4.99 Å². The number of halogens is 3. The lowest BCUT2D eigenvalue weighted by Gasteiger charge is -2.37. The number of carbonyl (C=O) groups excluding carboxylic acids is 1. The Balaban J connectivity index is 1.37. The molecule has 0 spiro atoms. The molecule has 2 amide bonds. The summed E-state index contributed by atoms with van der Waals surface area (Å²) in [6.07, 6.45) is 1.11. The van der Waals surface area contributed by atoms with Crippen molar-refractivity contribution >= 4 is 17.6 Å². The number of urea groups is 1. The van der Waals surface area contributed by atoms with E-state index in [-0.39, 0.29) is 23.5 Å². The summed E-state index contributed by atoms with van der Waals surface area (Å²) in [6, 6.07) is 10.8. The zero-order valence-corrected chi connectivity index (χ0v) is 18.8. The highest BCUT2D eigenvalue weighted by atomic mass is 19.4. The minimum Gasteiger partial charge on any atom is -0.454 e. The molecule has 0 aromatic heterocycles. The van der Waals surface area contributed by atoms with Crippen LogP contribution in [0.3, 0.4) is 0 Å². The summed E-state index contributed by atoms with van der Waals surface area (Å²) < 4.78 is 45.9. The Bertz CT molecular complexity index is 1090. The van der Waals surface area contributed by atoms with Crippen molar-refractivity contribution in [1.29, 1.82) is 0 Å². The van der Waals surface area contributed by atoms with Gasteiger partial charge in [-0.05, 0) is 43.2 Å². The number of hydrogen-bond donors (Lipinski definition) is 1. The predicted octanol–water partition coefficient (Wildman–Crippen LogP) is 5.55. The Labute approximate surface area is 196 Å². The molecule has 0 unspecified atom stereocenters. The molecular formula is C25H27F3N4O2. The van der Waals surface area contributed by atoms with Gasteiger partial charge in [-0.25, -0.2) is 9.79 Å². The van der Waals surface area contributed by atoms with Crippen LogP contribution in [-0.2, 0) is 6.18 Å². The van der Waals surface area contributed by atoms with Crippen LogP contribution < -0.4 is 10.1 Å². The lowest BCUT2D eigenvalue weighted by Crippen LogP contribution is -2.54. The number of piperazine rings is 1. The first-order valence-electron chi connectivity index (χ1n) is 11.8. The molecule has 1 N–H and O–H groups in total. The molecule has 5 rings (SSSR count). The number of nitrogens with zero attached hydrogens (tertiary/aromatic N) is 3. The second-order valence-electron chi connectivity index (χ2n) is 8.97. The molecule has 3 aliphatic rings. The largest absolute Gasteiger partial charge is 0.454 e. The van der Waals surface area contributed by atoms with E-state index in [0.717, 1.165) is 37.8 Å². The molecule has 6 nitrogen and oxygen atoms in total. The molecule has 2 heterocycles. The van der Waals surface area contributed by atoms with Crippen molar-refractivity contribution in [1.82, 2.24) is 15.1 Å². The van der Waals surface area contributed by atoms with Gasteiger partial charge in [-0.15, -0.1) is 0 Å². The molecule has 0 radical (unpaired) electrons. The summed E-state index contributed by atoms with van der Waals surface area (Å²) in [5.41, 5.74) is 0.0824. The van der Waals surface area contributed by atoms with Crippen molar-refractivity contribution in [3.05, 3.63) is 53.6 Å². The lowest BCUT2D eigenvalue weighted by molar-refractivity contribution is -0.137. The number of aliphatic imine (C=N–C) groups is 1. The minimum atomic E-state index is -4.47. The van der Waals surface area contributed by atoms with Crippen LogP contribution in [0, 0.1) is 0 Å². The van der Waals surface area contributed by atoms with Gasteiger partial charge in [0.25, 0.3) is 0 Å². The van der Waals surface area contributed by atoms with Gasteiger partial charge in [-0.1, -0.05) is 31.4 Å². The summed E-state index contributed by atoms with van der Waals surface area (Å²) in [4.78, 5) is 21.2. The summed E-state index contributed by atoms with van der Waals surface area (Å²) in [5.74, 6) is 1.37. The van der Waals surface area contributed by atoms with Gasteiger partial charge in [-0.3, -0.25) is 0 Å². The highest BCUT2D eigenvalue weighted by Crippen LogP contribution is 2.41. The van der Waals surface area contributed by atoms with E-state index >= 15 is 0 Å². The molecule has 180 valence electrons. The average molecular weight is 473 g/mol. The number of alkyl halides is 3. The number of hydrogen-bond acceptors (Lipinski definition) is 4. The fourth-order valence-corrected chi connectivity index (χ4v) is 4.78. The number of amides is 2. The Morgan fingerprint density at radius 1 is 0.971 bits per heavy atom. The molecule has 1 aliphatic carbocycles. The van der Waals surface area contributed by atoms with E-state index in [4.69, 9.17) is 4.74 Å². The normalized spacial score (nSPS) is 18.9. The van der Waals surface area contributed by atoms with Crippen LogP contribution >= 0.6 is 0 Å². The molecule has 2 aliphatic heterocycles. The van der Waals surface area contributed by atoms with Crippen molar-refractivity contribution in [3.8, 4) is 11.5 Å². The number of benzene rings is 2. The molecule has 2 aromatic rings. The number of carbonyl (C=O) groups is 1. The topological polar surface area (TPSA) is 57.2 Å². The number of fused-ring (bicyclic) bond motifs is 2. The van der Waals surface area contributed by atoms with Crippen molar-refractivity contribution in [3.63, 3.8) is 0 Å². The van der Waals surface area contributed by atoms with Crippen LogP contribution in [0.5, 0.6) is 11.5 Å². The van der Waals surface area contributed by atoms with Gasteiger partial charge in [0.05, 0.1) is 11.1 Å². The summed E-state index contributed by atoms with van der Waals surface area (Å²) in [6.45, 7) is 2.07. The van der Waals surface area contributed by atoms with Crippen LogP contribution in [-0.4, -0.2) is 53.9 Å². The lowest BCUT2D eigenvalue weighted by atomic mass is 9.96. The molecule has 34 heavy (non-hydrogen) atoms. The van der Waals surface area contributed by atoms with Crippen LogP contribution in [0.4, 0.5) is 23.7 Å². The quantitative estimate of drug-likeness (QED) is 0.592. The van der Waals surface area contributed by atoms with Crippen LogP contribution in [0.25, 0.3) is 0 Å². The van der Waals surface area contributed by atoms with Gasteiger partial charge in [0.15, 0.2) is 5.75 Å². The van der Waals surface area contributed by atoms with Gasteiger partial charge in [-0.2, -0.15) is 13.2 Å². The molecule has 0 bridgehead atoms. The first kappa shape index (κ1) is 22.6. The Kier molecular flexibility index (Phi) is 6.10. The molecule has 1 saturated heterocycles. The number of para-hydroxylation sites is 1. The maximum absolute atomic E-state index is 13.3.